The number of hydrogen-bond donors (Lipinski definition) is 1. The van der Waals surface area contributed by atoms with Crippen LogP contribution in [0.5, 0.6) is 0 Å². The van der Waals surface area contributed by atoms with Crippen LogP contribution in [0.15, 0.2) is 0 Å². The maximum Gasteiger partial charge on any atom is 0.320 e. The van der Waals surface area contributed by atoms with Crippen LogP contribution >= 0.6 is 0 Å². The van der Waals surface area contributed by atoms with Crippen LogP contribution < -0.4 is 0 Å². The molecular weight excluding hydrogens is 268 g/mol. The summed E-state index contributed by atoms with van der Waals surface area (Å²) in [5, 5.41) is 8.94. The zero-order valence-corrected chi connectivity index (χ0v) is 12.9. The Hall–Kier alpha value is -0.660. The van der Waals surface area contributed by atoms with Crippen LogP contribution in [-0.2, 0) is 14.8 Å². The van der Waals surface area contributed by atoms with Gasteiger partial charge in [-0.3, -0.25) is 9.69 Å². The van der Waals surface area contributed by atoms with E-state index in [9.17, 15) is 13.2 Å². The molecule has 19 heavy (non-hydrogen) atoms. The molecule has 1 aliphatic rings. The quantitative estimate of drug-likeness (QED) is 0.814. The molecule has 0 saturated carbocycles. The first-order chi connectivity index (χ1) is 8.53. The Bertz CT molecular complexity index is 420. The SMILES string of the molecule is CC(C(=O)O)N1CCN(S(=O)(=O)CC(C)(C)C)CC1. The fourth-order valence-electron chi connectivity index (χ4n) is 2.16. The fraction of sp³-hybridized carbons (Fsp3) is 0.917. The number of aliphatic carboxylic acids is 1. The molecule has 1 unspecified atom stereocenters. The van der Waals surface area contributed by atoms with Gasteiger partial charge in [0.1, 0.15) is 6.04 Å². The molecular formula is C12H24N2O4S. The average Bonchev–Trinajstić information content (AvgIpc) is 2.25. The first-order valence-corrected chi connectivity index (χ1v) is 8.08. The number of hydrogen-bond acceptors (Lipinski definition) is 4. The van der Waals surface area contributed by atoms with Crippen molar-refractivity contribution in [1.29, 1.82) is 0 Å². The molecule has 0 aromatic rings. The van der Waals surface area contributed by atoms with Crippen LogP contribution in [-0.4, -0.2) is 66.7 Å². The lowest BCUT2D eigenvalue weighted by atomic mass is 10.0. The van der Waals surface area contributed by atoms with Crippen molar-refractivity contribution in [3.8, 4) is 0 Å². The highest BCUT2D eigenvalue weighted by molar-refractivity contribution is 7.89. The third kappa shape index (κ3) is 4.74. The highest BCUT2D eigenvalue weighted by Crippen LogP contribution is 2.20. The third-order valence-electron chi connectivity index (χ3n) is 3.19. The number of carbonyl (C=O) groups is 1. The molecule has 0 amide bonds. The molecule has 1 aliphatic heterocycles. The van der Waals surface area contributed by atoms with Crippen LogP contribution in [0, 0.1) is 5.41 Å². The van der Waals surface area contributed by atoms with Gasteiger partial charge in [0.2, 0.25) is 10.0 Å². The van der Waals surface area contributed by atoms with Crippen molar-refractivity contribution in [2.45, 2.75) is 33.7 Å². The second kappa shape index (κ2) is 5.76. The first kappa shape index (κ1) is 16.4. The topological polar surface area (TPSA) is 77.9 Å². The molecule has 6 nitrogen and oxygen atoms in total. The zero-order valence-electron chi connectivity index (χ0n) is 12.1. The Morgan fingerprint density at radius 3 is 2.05 bits per heavy atom. The molecule has 0 bridgehead atoms. The van der Waals surface area contributed by atoms with E-state index in [1.54, 1.807) is 11.8 Å². The number of nitrogens with zero attached hydrogens (tertiary/aromatic N) is 2. The summed E-state index contributed by atoms with van der Waals surface area (Å²) in [6.45, 7) is 9.00. The van der Waals surface area contributed by atoms with Crippen LogP contribution in [0.4, 0.5) is 0 Å². The Morgan fingerprint density at radius 2 is 1.68 bits per heavy atom. The summed E-state index contributed by atoms with van der Waals surface area (Å²) in [4.78, 5) is 12.7. The maximum absolute atomic E-state index is 12.2. The number of sulfonamides is 1. The molecule has 0 radical (unpaired) electrons. The minimum atomic E-state index is -3.25. The van der Waals surface area contributed by atoms with Gasteiger partial charge >= 0.3 is 5.97 Å². The number of rotatable bonds is 4. The summed E-state index contributed by atoms with van der Waals surface area (Å²) in [6.07, 6.45) is 0. The lowest BCUT2D eigenvalue weighted by molar-refractivity contribution is -0.143. The Labute approximate surface area is 115 Å². The molecule has 1 N–H and O–H groups in total. The highest BCUT2D eigenvalue weighted by atomic mass is 32.2. The predicted octanol–water partition coefficient (Wildman–Crippen LogP) is 0.453. The molecule has 1 saturated heterocycles. The molecule has 112 valence electrons. The normalized spacial score (nSPS) is 21.3. The van der Waals surface area contributed by atoms with Gasteiger partial charge in [0.05, 0.1) is 5.75 Å². The summed E-state index contributed by atoms with van der Waals surface area (Å²) in [5.74, 6) is -0.750. The summed E-state index contributed by atoms with van der Waals surface area (Å²) >= 11 is 0. The van der Waals surface area contributed by atoms with Crippen molar-refractivity contribution in [2.75, 3.05) is 31.9 Å². The van der Waals surface area contributed by atoms with E-state index in [1.165, 1.54) is 4.31 Å². The summed E-state index contributed by atoms with van der Waals surface area (Å²) in [7, 11) is -3.25. The Morgan fingerprint density at radius 1 is 1.21 bits per heavy atom. The van der Waals surface area contributed by atoms with Crippen molar-refractivity contribution in [1.82, 2.24) is 9.21 Å². The molecule has 1 heterocycles. The molecule has 1 rings (SSSR count). The summed E-state index contributed by atoms with van der Waals surface area (Å²) in [6, 6.07) is -0.563. The van der Waals surface area contributed by atoms with Crippen molar-refractivity contribution in [3.05, 3.63) is 0 Å². The molecule has 0 aliphatic carbocycles. The summed E-state index contributed by atoms with van der Waals surface area (Å²) < 4.78 is 25.9. The standard InChI is InChI=1S/C12H24N2O4S/c1-10(11(15)16)13-5-7-14(8-6-13)19(17,18)9-12(2,3)4/h10H,5-9H2,1-4H3,(H,15,16). The molecule has 1 fully saturated rings. The number of carboxylic acid groups (broad SMARTS) is 1. The van der Waals surface area contributed by atoms with E-state index in [-0.39, 0.29) is 11.2 Å². The van der Waals surface area contributed by atoms with Crippen molar-refractivity contribution in [2.24, 2.45) is 5.41 Å². The van der Waals surface area contributed by atoms with Crippen LogP contribution in [0.2, 0.25) is 0 Å². The Kier molecular flexibility index (Phi) is 4.97. The monoisotopic (exact) mass is 292 g/mol. The van der Waals surface area contributed by atoms with E-state index in [0.717, 1.165) is 0 Å². The van der Waals surface area contributed by atoms with Crippen LogP contribution in [0.25, 0.3) is 0 Å². The van der Waals surface area contributed by atoms with Gasteiger partial charge in [0.25, 0.3) is 0 Å². The smallest absolute Gasteiger partial charge is 0.320 e. The van der Waals surface area contributed by atoms with Crippen molar-refractivity contribution < 1.29 is 18.3 Å². The minimum Gasteiger partial charge on any atom is -0.480 e. The van der Waals surface area contributed by atoms with Crippen LogP contribution in [0.3, 0.4) is 0 Å². The fourth-order valence-corrected chi connectivity index (χ4v) is 4.16. The van der Waals surface area contributed by atoms with Gasteiger partial charge < -0.3 is 5.11 Å². The maximum atomic E-state index is 12.2. The van der Waals surface area contributed by atoms with Gasteiger partial charge in [-0.25, -0.2) is 8.42 Å². The lowest BCUT2D eigenvalue weighted by Gasteiger charge is -2.36. The predicted molar refractivity (Wildman–Crippen MR) is 73.5 cm³/mol. The van der Waals surface area contributed by atoms with Gasteiger partial charge in [-0.1, -0.05) is 20.8 Å². The lowest BCUT2D eigenvalue weighted by Crippen LogP contribution is -2.53. The highest BCUT2D eigenvalue weighted by Gasteiger charge is 2.32. The summed E-state index contributed by atoms with van der Waals surface area (Å²) in [5.41, 5.74) is -0.273. The third-order valence-corrected chi connectivity index (χ3v) is 5.57. The largest absolute Gasteiger partial charge is 0.480 e. The van der Waals surface area contributed by atoms with E-state index in [0.29, 0.717) is 26.2 Å². The van der Waals surface area contributed by atoms with E-state index in [1.807, 2.05) is 20.8 Å². The average molecular weight is 292 g/mol. The molecule has 0 aromatic carbocycles. The van der Waals surface area contributed by atoms with Crippen molar-refractivity contribution in [3.63, 3.8) is 0 Å². The van der Waals surface area contributed by atoms with Gasteiger partial charge in [0.15, 0.2) is 0 Å². The van der Waals surface area contributed by atoms with Gasteiger partial charge in [0, 0.05) is 26.2 Å². The van der Waals surface area contributed by atoms with E-state index >= 15 is 0 Å². The zero-order chi connectivity index (χ0) is 14.8. The van der Waals surface area contributed by atoms with Gasteiger partial charge in [-0.15, -0.1) is 0 Å². The number of piperazine rings is 1. The molecule has 0 aromatic heterocycles. The van der Waals surface area contributed by atoms with Crippen molar-refractivity contribution >= 4 is 16.0 Å². The molecule has 0 spiro atoms. The van der Waals surface area contributed by atoms with E-state index in [2.05, 4.69) is 0 Å². The first-order valence-electron chi connectivity index (χ1n) is 6.48. The van der Waals surface area contributed by atoms with Gasteiger partial charge in [-0.05, 0) is 12.3 Å². The van der Waals surface area contributed by atoms with E-state index < -0.39 is 22.0 Å². The van der Waals surface area contributed by atoms with Gasteiger partial charge in [-0.2, -0.15) is 4.31 Å². The van der Waals surface area contributed by atoms with E-state index in [4.69, 9.17) is 5.11 Å². The molecule has 1 atom stereocenters. The second-order valence-electron chi connectivity index (χ2n) is 6.27. The van der Waals surface area contributed by atoms with Crippen LogP contribution in [0.1, 0.15) is 27.7 Å². The Balaban J connectivity index is 2.61. The minimum absolute atomic E-state index is 0.120. The second-order valence-corrected chi connectivity index (χ2v) is 8.24. The molecule has 7 heteroatoms. The number of carboxylic acids is 1.